The van der Waals surface area contributed by atoms with Crippen molar-refractivity contribution in [2.45, 2.75) is 43.4 Å². The highest BCUT2D eigenvalue weighted by molar-refractivity contribution is 8.01. The van der Waals surface area contributed by atoms with Crippen molar-refractivity contribution in [2.75, 3.05) is 23.7 Å². The number of para-hydroxylation sites is 1. The molecule has 3 heterocycles. The van der Waals surface area contributed by atoms with E-state index in [2.05, 4.69) is 34.4 Å². The highest BCUT2D eigenvalue weighted by atomic mass is 32.2. The van der Waals surface area contributed by atoms with Gasteiger partial charge in [-0.15, -0.1) is 23.1 Å². The molecule has 0 unspecified atom stereocenters. The van der Waals surface area contributed by atoms with E-state index in [0.717, 1.165) is 35.9 Å². The predicted molar refractivity (Wildman–Crippen MR) is 118 cm³/mol. The number of thioether (sulfide) groups is 1. The predicted octanol–water partition coefficient (Wildman–Crippen LogP) is 4.06. The van der Waals surface area contributed by atoms with Gasteiger partial charge >= 0.3 is 0 Å². The monoisotopic (exact) mass is 430 g/mol. The number of carbonyl (C=O) groups is 2. The number of rotatable bonds is 5. The Morgan fingerprint density at radius 1 is 1.28 bits per heavy atom. The summed E-state index contributed by atoms with van der Waals surface area (Å²) < 4.78 is 0. The fourth-order valence-electron chi connectivity index (χ4n) is 4.15. The van der Waals surface area contributed by atoms with Gasteiger partial charge in [0.15, 0.2) is 5.13 Å². The standard InChI is InChI=1S/C21H26N4O2S2/c1-13-7-14(2)10-25(9-13)11-15-12-28-21(22-15)24-19(26)8-18-20(27)23-16-5-3-4-6-17(16)29-18/h3-6,12-14,18H,7-11H2,1-2H3,(H,23,27)(H,22,24,26)/t13-,14-,18+/m1/s1. The zero-order valence-corrected chi connectivity index (χ0v) is 18.3. The van der Waals surface area contributed by atoms with Crippen LogP contribution in [0.2, 0.25) is 0 Å². The average Bonchev–Trinajstić information content (AvgIpc) is 3.08. The Bertz CT molecular complexity index is 890. The van der Waals surface area contributed by atoms with E-state index in [1.54, 1.807) is 0 Å². The zero-order valence-electron chi connectivity index (χ0n) is 16.7. The Morgan fingerprint density at radius 2 is 2.03 bits per heavy atom. The number of likely N-dealkylation sites (tertiary alicyclic amines) is 1. The summed E-state index contributed by atoms with van der Waals surface area (Å²) >= 11 is 2.88. The fraction of sp³-hybridized carbons (Fsp3) is 0.476. The first kappa shape index (κ1) is 20.4. The van der Waals surface area contributed by atoms with E-state index < -0.39 is 5.25 Å². The van der Waals surface area contributed by atoms with Crippen LogP contribution in [-0.2, 0) is 16.1 Å². The molecule has 0 aliphatic carbocycles. The molecule has 1 aromatic heterocycles. The second-order valence-corrected chi connectivity index (χ2v) is 10.2. The third kappa shape index (κ3) is 5.18. The van der Waals surface area contributed by atoms with Crippen molar-refractivity contribution in [1.29, 1.82) is 0 Å². The minimum absolute atomic E-state index is 0.126. The number of benzene rings is 1. The van der Waals surface area contributed by atoms with Gasteiger partial charge in [0.25, 0.3) is 0 Å². The number of thiazole rings is 1. The zero-order chi connectivity index (χ0) is 20.4. The lowest BCUT2D eigenvalue weighted by Gasteiger charge is -2.34. The van der Waals surface area contributed by atoms with Crippen LogP contribution in [0, 0.1) is 11.8 Å². The van der Waals surface area contributed by atoms with Gasteiger partial charge < -0.3 is 10.6 Å². The van der Waals surface area contributed by atoms with Crippen LogP contribution in [0.5, 0.6) is 0 Å². The number of fused-ring (bicyclic) bond motifs is 1. The summed E-state index contributed by atoms with van der Waals surface area (Å²) in [6.07, 6.45) is 1.41. The van der Waals surface area contributed by atoms with Crippen molar-refractivity contribution < 1.29 is 9.59 Å². The molecule has 2 aromatic rings. The van der Waals surface area contributed by atoms with Crippen molar-refractivity contribution >= 4 is 45.7 Å². The first-order chi connectivity index (χ1) is 14.0. The van der Waals surface area contributed by atoms with Crippen molar-refractivity contribution in [3.8, 4) is 0 Å². The molecule has 4 rings (SSSR count). The quantitative estimate of drug-likeness (QED) is 0.748. The van der Waals surface area contributed by atoms with E-state index in [-0.39, 0.29) is 18.2 Å². The average molecular weight is 431 g/mol. The molecule has 1 aromatic carbocycles. The van der Waals surface area contributed by atoms with Gasteiger partial charge in [-0.3, -0.25) is 14.5 Å². The molecule has 1 saturated heterocycles. The van der Waals surface area contributed by atoms with Crippen LogP contribution in [-0.4, -0.2) is 40.0 Å². The fourth-order valence-corrected chi connectivity index (χ4v) is 5.98. The molecule has 0 bridgehead atoms. The second-order valence-electron chi connectivity index (χ2n) is 8.13. The molecule has 1 fully saturated rings. The summed E-state index contributed by atoms with van der Waals surface area (Å²) in [6, 6.07) is 7.65. The Morgan fingerprint density at radius 3 is 2.83 bits per heavy atom. The van der Waals surface area contributed by atoms with E-state index in [4.69, 9.17) is 0 Å². The van der Waals surface area contributed by atoms with Crippen LogP contribution < -0.4 is 10.6 Å². The molecule has 29 heavy (non-hydrogen) atoms. The van der Waals surface area contributed by atoms with Crippen LogP contribution in [0.3, 0.4) is 0 Å². The largest absolute Gasteiger partial charge is 0.324 e. The lowest BCUT2D eigenvalue weighted by atomic mass is 9.92. The molecule has 0 radical (unpaired) electrons. The maximum absolute atomic E-state index is 12.5. The van der Waals surface area contributed by atoms with Gasteiger partial charge in [-0.2, -0.15) is 0 Å². The van der Waals surface area contributed by atoms with Crippen molar-refractivity contribution in [2.24, 2.45) is 11.8 Å². The van der Waals surface area contributed by atoms with E-state index in [9.17, 15) is 9.59 Å². The first-order valence-corrected chi connectivity index (χ1v) is 11.8. The number of anilines is 2. The topological polar surface area (TPSA) is 74.3 Å². The van der Waals surface area contributed by atoms with Crippen LogP contribution in [0.1, 0.15) is 32.4 Å². The summed E-state index contributed by atoms with van der Waals surface area (Å²) in [6.45, 7) is 7.61. The van der Waals surface area contributed by atoms with E-state index in [1.807, 2.05) is 29.6 Å². The van der Waals surface area contributed by atoms with Gasteiger partial charge in [0.05, 0.1) is 16.6 Å². The number of hydrogen-bond acceptors (Lipinski definition) is 6. The summed E-state index contributed by atoms with van der Waals surface area (Å²) in [5.74, 6) is 1.11. The number of nitrogens with one attached hydrogen (secondary N) is 2. The molecule has 2 amide bonds. The smallest absolute Gasteiger partial charge is 0.238 e. The molecule has 3 atom stereocenters. The summed E-state index contributed by atoms with van der Waals surface area (Å²) in [7, 11) is 0. The summed E-state index contributed by atoms with van der Waals surface area (Å²) in [5.41, 5.74) is 1.80. The third-order valence-corrected chi connectivity index (χ3v) is 7.29. The summed E-state index contributed by atoms with van der Waals surface area (Å²) in [5, 5.41) is 7.93. The molecule has 6 nitrogen and oxygen atoms in total. The minimum atomic E-state index is -0.430. The Labute approximate surface area is 179 Å². The van der Waals surface area contributed by atoms with Gasteiger partial charge in [0.2, 0.25) is 11.8 Å². The van der Waals surface area contributed by atoms with E-state index in [1.165, 1.54) is 29.5 Å². The van der Waals surface area contributed by atoms with Gasteiger partial charge in [-0.05, 0) is 30.4 Å². The highest BCUT2D eigenvalue weighted by Gasteiger charge is 2.29. The van der Waals surface area contributed by atoms with Gasteiger partial charge in [-0.1, -0.05) is 26.0 Å². The van der Waals surface area contributed by atoms with E-state index in [0.29, 0.717) is 17.0 Å². The highest BCUT2D eigenvalue weighted by Crippen LogP contribution is 2.36. The molecule has 8 heteroatoms. The Hall–Kier alpha value is -1.90. The molecule has 2 aliphatic heterocycles. The maximum Gasteiger partial charge on any atom is 0.238 e. The third-order valence-electron chi connectivity index (χ3n) is 5.21. The van der Waals surface area contributed by atoms with Gasteiger partial charge in [0, 0.05) is 36.3 Å². The molecular weight excluding hydrogens is 404 g/mol. The number of aromatic nitrogens is 1. The minimum Gasteiger partial charge on any atom is -0.324 e. The second kappa shape index (κ2) is 8.85. The Kier molecular flexibility index (Phi) is 6.22. The van der Waals surface area contributed by atoms with Crippen LogP contribution >= 0.6 is 23.1 Å². The molecule has 2 N–H and O–H groups in total. The number of nitrogens with zero attached hydrogens (tertiary/aromatic N) is 2. The molecule has 2 aliphatic rings. The van der Waals surface area contributed by atoms with Gasteiger partial charge in [0.1, 0.15) is 0 Å². The Balaban J connectivity index is 1.31. The van der Waals surface area contributed by atoms with Crippen molar-refractivity contribution in [1.82, 2.24) is 9.88 Å². The maximum atomic E-state index is 12.5. The molecule has 0 saturated carbocycles. The van der Waals surface area contributed by atoms with Crippen LogP contribution in [0.25, 0.3) is 0 Å². The number of hydrogen-bond donors (Lipinski definition) is 2. The normalized spacial score (nSPS) is 24.6. The van der Waals surface area contributed by atoms with Gasteiger partial charge in [-0.25, -0.2) is 4.98 Å². The molecule has 0 spiro atoms. The number of amides is 2. The number of carbonyl (C=O) groups excluding carboxylic acids is 2. The SMILES string of the molecule is C[C@@H]1C[C@@H](C)CN(Cc2csc(NC(=O)C[C@@H]3Sc4ccccc4NC3=O)n2)C1. The van der Waals surface area contributed by atoms with E-state index >= 15 is 0 Å². The molecular formula is C21H26N4O2S2. The lowest BCUT2D eigenvalue weighted by Crippen LogP contribution is -2.38. The lowest BCUT2D eigenvalue weighted by molar-refractivity contribution is -0.120. The van der Waals surface area contributed by atoms with Crippen LogP contribution in [0.4, 0.5) is 10.8 Å². The van der Waals surface area contributed by atoms with Crippen LogP contribution in [0.15, 0.2) is 34.5 Å². The number of piperidine rings is 1. The summed E-state index contributed by atoms with van der Waals surface area (Å²) in [4.78, 5) is 32.8. The van der Waals surface area contributed by atoms with Crippen molar-refractivity contribution in [3.05, 3.63) is 35.3 Å². The van der Waals surface area contributed by atoms with Crippen molar-refractivity contribution in [3.63, 3.8) is 0 Å². The first-order valence-electron chi connectivity index (χ1n) is 9.99. The molecule has 154 valence electrons.